The van der Waals surface area contributed by atoms with Crippen LogP contribution in [-0.2, 0) is 16.1 Å². The first-order valence-corrected chi connectivity index (χ1v) is 7.98. The molecule has 3 N–H and O–H groups in total. The lowest BCUT2D eigenvalue weighted by atomic mass is 10.1. The van der Waals surface area contributed by atoms with Gasteiger partial charge in [0.25, 0.3) is 0 Å². The minimum atomic E-state index is -0.297. The molecular formula is C17H25N3O4. The Morgan fingerprint density at radius 2 is 2.04 bits per heavy atom. The number of hydrogen-bond acceptors (Lipinski definition) is 5. The SMILES string of the molecule is COc1ccc(CNC(=O)[C@@H](C)N2CC[C@H](C(N)=O)C2)cc1OC. The predicted molar refractivity (Wildman–Crippen MR) is 89.7 cm³/mol. The number of rotatable bonds is 7. The number of benzene rings is 1. The van der Waals surface area contributed by atoms with Crippen LogP contribution in [0.25, 0.3) is 0 Å². The first-order chi connectivity index (χ1) is 11.5. The number of carbonyl (C=O) groups excluding carboxylic acids is 2. The Balaban J connectivity index is 1.90. The fraction of sp³-hybridized carbons (Fsp3) is 0.529. The fourth-order valence-corrected chi connectivity index (χ4v) is 2.86. The highest BCUT2D eigenvalue weighted by Gasteiger charge is 2.32. The van der Waals surface area contributed by atoms with Gasteiger partial charge in [-0.3, -0.25) is 14.5 Å². The highest BCUT2D eigenvalue weighted by atomic mass is 16.5. The summed E-state index contributed by atoms with van der Waals surface area (Å²) in [6.45, 7) is 3.49. The highest BCUT2D eigenvalue weighted by Crippen LogP contribution is 2.27. The number of nitrogens with one attached hydrogen (secondary N) is 1. The molecule has 0 saturated carbocycles. The Morgan fingerprint density at radius 1 is 1.33 bits per heavy atom. The molecule has 0 aliphatic carbocycles. The molecule has 1 aromatic rings. The second-order valence-electron chi connectivity index (χ2n) is 5.97. The normalized spacial score (nSPS) is 18.9. The standard InChI is InChI=1S/C17H25N3O4/c1-11(20-7-6-13(10-20)16(18)21)17(22)19-9-12-4-5-14(23-2)15(8-12)24-3/h4-5,8,11,13H,6-7,9-10H2,1-3H3,(H2,18,21)(H,19,22)/t11-,13+/m1/s1. The minimum Gasteiger partial charge on any atom is -0.493 e. The molecule has 1 aromatic carbocycles. The van der Waals surface area contributed by atoms with Gasteiger partial charge in [-0.2, -0.15) is 0 Å². The van der Waals surface area contributed by atoms with Crippen LogP contribution in [0, 0.1) is 5.92 Å². The molecular weight excluding hydrogens is 310 g/mol. The smallest absolute Gasteiger partial charge is 0.237 e. The number of amides is 2. The zero-order valence-corrected chi connectivity index (χ0v) is 14.4. The number of ether oxygens (including phenoxy) is 2. The van der Waals surface area contributed by atoms with E-state index < -0.39 is 0 Å². The van der Waals surface area contributed by atoms with E-state index >= 15 is 0 Å². The number of carbonyl (C=O) groups is 2. The van der Waals surface area contributed by atoms with Crippen LogP contribution in [0.2, 0.25) is 0 Å². The Bertz CT molecular complexity index is 605. The van der Waals surface area contributed by atoms with Crippen molar-refractivity contribution in [2.75, 3.05) is 27.3 Å². The van der Waals surface area contributed by atoms with Crippen molar-refractivity contribution in [2.45, 2.75) is 25.9 Å². The molecule has 1 heterocycles. The van der Waals surface area contributed by atoms with Crippen molar-refractivity contribution >= 4 is 11.8 Å². The molecule has 0 bridgehead atoms. The van der Waals surface area contributed by atoms with Crippen molar-refractivity contribution < 1.29 is 19.1 Å². The number of likely N-dealkylation sites (tertiary alicyclic amines) is 1. The summed E-state index contributed by atoms with van der Waals surface area (Å²) in [5.41, 5.74) is 6.25. The van der Waals surface area contributed by atoms with Gasteiger partial charge in [0.1, 0.15) is 0 Å². The van der Waals surface area contributed by atoms with Crippen molar-refractivity contribution in [3.63, 3.8) is 0 Å². The first kappa shape index (κ1) is 18.1. The Kier molecular flexibility index (Phi) is 6.03. The number of nitrogens with zero attached hydrogens (tertiary/aromatic N) is 1. The summed E-state index contributed by atoms with van der Waals surface area (Å²) in [5.74, 6) is 0.744. The van der Waals surface area contributed by atoms with Gasteiger partial charge in [-0.1, -0.05) is 6.07 Å². The Labute approximate surface area is 142 Å². The quantitative estimate of drug-likeness (QED) is 0.757. The summed E-state index contributed by atoms with van der Waals surface area (Å²) in [4.78, 5) is 25.6. The van der Waals surface area contributed by atoms with Crippen LogP contribution in [0.5, 0.6) is 11.5 Å². The van der Waals surface area contributed by atoms with Gasteiger partial charge in [-0.05, 0) is 37.6 Å². The second kappa shape index (κ2) is 8.01. The van der Waals surface area contributed by atoms with E-state index in [-0.39, 0.29) is 23.8 Å². The molecule has 1 saturated heterocycles. The molecule has 2 rings (SSSR count). The Morgan fingerprint density at radius 3 is 2.62 bits per heavy atom. The maximum absolute atomic E-state index is 12.3. The van der Waals surface area contributed by atoms with Gasteiger partial charge in [0.05, 0.1) is 26.2 Å². The van der Waals surface area contributed by atoms with Crippen molar-refractivity contribution in [1.82, 2.24) is 10.2 Å². The third-order valence-corrected chi connectivity index (χ3v) is 4.46. The first-order valence-electron chi connectivity index (χ1n) is 7.98. The molecule has 1 fully saturated rings. The average Bonchev–Trinajstić information content (AvgIpc) is 3.08. The van der Waals surface area contributed by atoms with Gasteiger partial charge in [0, 0.05) is 13.1 Å². The zero-order chi connectivity index (χ0) is 17.7. The fourth-order valence-electron chi connectivity index (χ4n) is 2.86. The Hall–Kier alpha value is -2.28. The third-order valence-electron chi connectivity index (χ3n) is 4.46. The summed E-state index contributed by atoms with van der Waals surface area (Å²) < 4.78 is 10.5. The molecule has 0 unspecified atom stereocenters. The largest absolute Gasteiger partial charge is 0.493 e. The van der Waals surface area contributed by atoms with E-state index in [9.17, 15) is 9.59 Å². The van der Waals surface area contributed by atoms with Gasteiger partial charge in [-0.25, -0.2) is 0 Å². The van der Waals surface area contributed by atoms with Crippen LogP contribution in [0.15, 0.2) is 18.2 Å². The number of nitrogens with two attached hydrogens (primary N) is 1. The van der Waals surface area contributed by atoms with E-state index in [0.717, 1.165) is 5.56 Å². The average molecular weight is 335 g/mol. The van der Waals surface area contributed by atoms with Crippen LogP contribution in [0.1, 0.15) is 18.9 Å². The van der Waals surface area contributed by atoms with Crippen LogP contribution >= 0.6 is 0 Å². The summed E-state index contributed by atoms with van der Waals surface area (Å²) in [6, 6.07) is 5.23. The summed E-state index contributed by atoms with van der Waals surface area (Å²) in [6.07, 6.45) is 0.711. The summed E-state index contributed by atoms with van der Waals surface area (Å²) in [5, 5.41) is 2.92. The van der Waals surface area contributed by atoms with E-state index in [1.165, 1.54) is 0 Å². The van der Waals surface area contributed by atoms with Crippen molar-refractivity contribution in [3.05, 3.63) is 23.8 Å². The number of hydrogen-bond donors (Lipinski definition) is 2. The molecule has 132 valence electrons. The van der Waals surface area contributed by atoms with Gasteiger partial charge >= 0.3 is 0 Å². The van der Waals surface area contributed by atoms with Gasteiger partial charge in [-0.15, -0.1) is 0 Å². The third kappa shape index (κ3) is 4.17. The van der Waals surface area contributed by atoms with Crippen LogP contribution < -0.4 is 20.5 Å². The van der Waals surface area contributed by atoms with E-state index in [1.807, 2.05) is 30.0 Å². The number of methoxy groups -OCH3 is 2. The summed E-state index contributed by atoms with van der Waals surface area (Å²) in [7, 11) is 3.15. The van der Waals surface area contributed by atoms with Crippen LogP contribution in [0.4, 0.5) is 0 Å². The van der Waals surface area contributed by atoms with E-state index in [1.54, 1.807) is 14.2 Å². The topological polar surface area (TPSA) is 93.9 Å². The maximum atomic E-state index is 12.3. The van der Waals surface area contributed by atoms with E-state index in [4.69, 9.17) is 15.2 Å². The molecule has 0 radical (unpaired) electrons. The molecule has 24 heavy (non-hydrogen) atoms. The molecule has 0 aromatic heterocycles. The van der Waals surface area contributed by atoms with Gasteiger partial charge in [0.15, 0.2) is 11.5 Å². The predicted octanol–water partition coefficient (Wildman–Crippen LogP) is 0.516. The van der Waals surface area contributed by atoms with Crippen LogP contribution in [-0.4, -0.2) is 50.1 Å². The lowest BCUT2D eigenvalue weighted by Gasteiger charge is -2.23. The van der Waals surface area contributed by atoms with Crippen LogP contribution in [0.3, 0.4) is 0 Å². The minimum absolute atomic E-state index is 0.0742. The van der Waals surface area contributed by atoms with Crippen molar-refractivity contribution in [3.8, 4) is 11.5 Å². The molecule has 2 atom stereocenters. The molecule has 1 aliphatic rings. The second-order valence-corrected chi connectivity index (χ2v) is 5.97. The molecule has 1 aliphatic heterocycles. The molecule has 7 nitrogen and oxygen atoms in total. The van der Waals surface area contributed by atoms with Crippen molar-refractivity contribution in [2.24, 2.45) is 11.7 Å². The number of primary amides is 1. The molecule has 2 amide bonds. The molecule has 7 heteroatoms. The van der Waals surface area contributed by atoms with E-state index in [2.05, 4.69) is 5.32 Å². The van der Waals surface area contributed by atoms with Crippen molar-refractivity contribution in [1.29, 1.82) is 0 Å². The van der Waals surface area contributed by atoms with E-state index in [0.29, 0.717) is 37.6 Å². The lowest BCUT2D eigenvalue weighted by Crippen LogP contribution is -2.44. The maximum Gasteiger partial charge on any atom is 0.237 e. The zero-order valence-electron chi connectivity index (χ0n) is 14.4. The van der Waals surface area contributed by atoms with Gasteiger partial charge in [0.2, 0.25) is 11.8 Å². The monoisotopic (exact) mass is 335 g/mol. The summed E-state index contributed by atoms with van der Waals surface area (Å²) >= 11 is 0. The highest BCUT2D eigenvalue weighted by molar-refractivity contribution is 5.82. The van der Waals surface area contributed by atoms with Gasteiger partial charge < -0.3 is 20.5 Å². The molecule has 0 spiro atoms. The lowest BCUT2D eigenvalue weighted by molar-refractivity contribution is -0.126.